The van der Waals surface area contributed by atoms with Crippen LogP contribution in [-0.2, 0) is 0 Å². The second-order valence-electron chi connectivity index (χ2n) is 7.19. The van der Waals surface area contributed by atoms with Crippen molar-refractivity contribution >= 4 is 0 Å². The Labute approximate surface area is 114 Å². The van der Waals surface area contributed by atoms with Crippen LogP contribution in [-0.4, -0.2) is 37.1 Å². The van der Waals surface area contributed by atoms with Crippen LogP contribution >= 0.6 is 0 Å². The third-order valence-electron chi connectivity index (χ3n) is 4.95. The average molecular weight is 252 g/mol. The molecule has 1 N–H and O–H groups in total. The van der Waals surface area contributed by atoms with Gasteiger partial charge in [0, 0.05) is 19.1 Å². The highest BCUT2D eigenvalue weighted by atomic mass is 15.2. The van der Waals surface area contributed by atoms with Gasteiger partial charge in [0.2, 0.25) is 0 Å². The molecule has 0 aromatic carbocycles. The summed E-state index contributed by atoms with van der Waals surface area (Å²) in [7, 11) is 0. The Bertz CT molecular complexity index is 243. The van der Waals surface area contributed by atoms with Crippen molar-refractivity contribution in [2.75, 3.05) is 26.2 Å². The largest absolute Gasteiger partial charge is 0.316 e. The molecule has 1 saturated carbocycles. The summed E-state index contributed by atoms with van der Waals surface area (Å²) in [4.78, 5) is 2.75. The molecule has 0 amide bonds. The van der Waals surface area contributed by atoms with Gasteiger partial charge in [0.25, 0.3) is 0 Å². The van der Waals surface area contributed by atoms with Gasteiger partial charge in [0.05, 0.1) is 0 Å². The molecule has 0 aromatic rings. The normalized spacial score (nSPS) is 28.3. The number of likely N-dealkylation sites (tertiary alicyclic amines) is 1. The first-order valence-electron chi connectivity index (χ1n) is 8.06. The fourth-order valence-electron chi connectivity index (χ4n) is 3.80. The second kappa shape index (κ2) is 6.38. The van der Waals surface area contributed by atoms with E-state index in [1.807, 2.05) is 0 Å². The Hall–Kier alpha value is -0.0800. The van der Waals surface area contributed by atoms with Crippen LogP contribution < -0.4 is 5.32 Å². The lowest BCUT2D eigenvalue weighted by Crippen LogP contribution is -2.44. The Balaban J connectivity index is 1.85. The predicted molar refractivity (Wildman–Crippen MR) is 78.9 cm³/mol. The SMILES string of the molecule is CC(C)CNCC1(CN2CCCC2C)CCCC1. The standard InChI is InChI=1S/C16H32N2/c1-14(2)11-17-12-16(8-4-5-9-16)13-18-10-6-7-15(18)3/h14-15,17H,4-13H2,1-3H3. The van der Waals surface area contributed by atoms with E-state index in [9.17, 15) is 0 Å². The van der Waals surface area contributed by atoms with E-state index < -0.39 is 0 Å². The molecule has 1 heterocycles. The molecule has 2 heteroatoms. The van der Waals surface area contributed by atoms with Crippen molar-refractivity contribution in [1.82, 2.24) is 10.2 Å². The summed E-state index contributed by atoms with van der Waals surface area (Å²) in [6.45, 7) is 12.1. The Morgan fingerprint density at radius 1 is 1.22 bits per heavy atom. The van der Waals surface area contributed by atoms with E-state index in [1.54, 1.807) is 0 Å². The van der Waals surface area contributed by atoms with E-state index in [1.165, 1.54) is 64.7 Å². The average Bonchev–Trinajstić information content (AvgIpc) is 2.90. The number of rotatable bonds is 6. The third kappa shape index (κ3) is 3.71. The highest BCUT2D eigenvalue weighted by Gasteiger charge is 2.37. The molecule has 2 nitrogen and oxygen atoms in total. The van der Waals surface area contributed by atoms with E-state index in [4.69, 9.17) is 0 Å². The maximum Gasteiger partial charge on any atom is 0.00676 e. The van der Waals surface area contributed by atoms with Crippen molar-refractivity contribution in [3.8, 4) is 0 Å². The zero-order valence-electron chi connectivity index (χ0n) is 12.7. The molecule has 1 saturated heterocycles. The van der Waals surface area contributed by atoms with E-state index in [0.29, 0.717) is 5.41 Å². The zero-order chi connectivity index (χ0) is 13.0. The molecule has 18 heavy (non-hydrogen) atoms. The lowest BCUT2D eigenvalue weighted by molar-refractivity contribution is 0.143. The van der Waals surface area contributed by atoms with Gasteiger partial charge in [-0.2, -0.15) is 0 Å². The first kappa shape index (κ1) is 14.3. The first-order chi connectivity index (χ1) is 8.61. The van der Waals surface area contributed by atoms with Crippen LogP contribution in [0.25, 0.3) is 0 Å². The minimum atomic E-state index is 0.591. The van der Waals surface area contributed by atoms with Gasteiger partial charge >= 0.3 is 0 Å². The van der Waals surface area contributed by atoms with Gasteiger partial charge in [-0.15, -0.1) is 0 Å². The van der Waals surface area contributed by atoms with Gasteiger partial charge in [-0.1, -0.05) is 26.7 Å². The van der Waals surface area contributed by atoms with Gasteiger partial charge in [-0.05, 0) is 57.0 Å². The molecule has 106 valence electrons. The van der Waals surface area contributed by atoms with E-state index in [2.05, 4.69) is 31.0 Å². The Kier molecular flexibility index (Phi) is 5.08. The quantitative estimate of drug-likeness (QED) is 0.780. The summed E-state index contributed by atoms with van der Waals surface area (Å²) in [5, 5.41) is 3.73. The van der Waals surface area contributed by atoms with E-state index >= 15 is 0 Å². The van der Waals surface area contributed by atoms with Gasteiger partial charge < -0.3 is 10.2 Å². The van der Waals surface area contributed by atoms with Crippen LogP contribution in [0.1, 0.15) is 59.3 Å². The smallest absolute Gasteiger partial charge is 0.00676 e. The minimum absolute atomic E-state index is 0.591. The first-order valence-corrected chi connectivity index (χ1v) is 8.06. The summed E-state index contributed by atoms with van der Waals surface area (Å²) in [6.07, 6.45) is 8.62. The molecule has 2 fully saturated rings. The van der Waals surface area contributed by atoms with Crippen molar-refractivity contribution in [3.63, 3.8) is 0 Å². The van der Waals surface area contributed by atoms with E-state index in [-0.39, 0.29) is 0 Å². The molecule has 1 unspecified atom stereocenters. The van der Waals surface area contributed by atoms with Gasteiger partial charge in [-0.25, -0.2) is 0 Å². The molecule has 0 radical (unpaired) electrons. The van der Waals surface area contributed by atoms with Crippen LogP contribution in [0.2, 0.25) is 0 Å². The molecule has 1 atom stereocenters. The minimum Gasteiger partial charge on any atom is -0.316 e. The molecule has 1 aliphatic heterocycles. The Morgan fingerprint density at radius 3 is 2.50 bits per heavy atom. The molecule has 2 aliphatic rings. The van der Waals surface area contributed by atoms with Crippen molar-refractivity contribution in [2.24, 2.45) is 11.3 Å². The van der Waals surface area contributed by atoms with Crippen molar-refractivity contribution in [3.05, 3.63) is 0 Å². The van der Waals surface area contributed by atoms with Crippen LogP contribution in [0.5, 0.6) is 0 Å². The zero-order valence-corrected chi connectivity index (χ0v) is 12.7. The van der Waals surface area contributed by atoms with Crippen molar-refractivity contribution in [1.29, 1.82) is 0 Å². The van der Waals surface area contributed by atoms with Gasteiger partial charge in [-0.3, -0.25) is 0 Å². The summed E-state index contributed by atoms with van der Waals surface area (Å²) in [5.41, 5.74) is 0.591. The predicted octanol–water partition coefficient (Wildman–Crippen LogP) is 3.28. The number of nitrogens with zero attached hydrogens (tertiary/aromatic N) is 1. The lowest BCUT2D eigenvalue weighted by Gasteiger charge is -2.36. The molecular weight excluding hydrogens is 220 g/mol. The third-order valence-corrected chi connectivity index (χ3v) is 4.95. The van der Waals surface area contributed by atoms with Crippen LogP contribution in [0.3, 0.4) is 0 Å². The Morgan fingerprint density at radius 2 is 1.94 bits per heavy atom. The molecule has 1 aliphatic carbocycles. The fraction of sp³-hybridized carbons (Fsp3) is 1.00. The van der Waals surface area contributed by atoms with E-state index in [0.717, 1.165) is 12.0 Å². The van der Waals surface area contributed by atoms with Crippen LogP contribution in [0, 0.1) is 11.3 Å². The maximum atomic E-state index is 3.73. The highest BCUT2D eigenvalue weighted by molar-refractivity contribution is 4.91. The molecule has 0 aromatic heterocycles. The van der Waals surface area contributed by atoms with Gasteiger partial charge in [0.15, 0.2) is 0 Å². The lowest BCUT2D eigenvalue weighted by atomic mass is 9.85. The van der Waals surface area contributed by atoms with Crippen LogP contribution in [0.15, 0.2) is 0 Å². The monoisotopic (exact) mass is 252 g/mol. The highest BCUT2D eigenvalue weighted by Crippen LogP contribution is 2.39. The summed E-state index contributed by atoms with van der Waals surface area (Å²) >= 11 is 0. The second-order valence-corrected chi connectivity index (χ2v) is 7.19. The summed E-state index contributed by atoms with van der Waals surface area (Å²) in [5.74, 6) is 0.772. The molecule has 0 spiro atoms. The molecule has 2 rings (SSSR count). The number of hydrogen-bond acceptors (Lipinski definition) is 2. The summed E-state index contributed by atoms with van der Waals surface area (Å²) < 4.78 is 0. The molecule has 0 bridgehead atoms. The summed E-state index contributed by atoms with van der Waals surface area (Å²) in [6, 6.07) is 0.826. The topological polar surface area (TPSA) is 15.3 Å². The van der Waals surface area contributed by atoms with Crippen molar-refractivity contribution < 1.29 is 0 Å². The molecular formula is C16H32N2. The van der Waals surface area contributed by atoms with Gasteiger partial charge in [0.1, 0.15) is 0 Å². The maximum absolute atomic E-state index is 3.73. The number of nitrogens with one attached hydrogen (secondary N) is 1. The van der Waals surface area contributed by atoms with Crippen LogP contribution in [0.4, 0.5) is 0 Å². The number of hydrogen-bond donors (Lipinski definition) is 1. The fourth-order valence-corrected chi connectivity index (χ4v) is 3.80. The van der Waals surface area contributed by atoms with Crippen molar-refractivity contribution in [2.45, 2.75) is 65.3 Å².